The van der Waals surface area contributed by atoms with Crippen LogP contribution in [0.25, 0.3) is 0 Å². The highest BCUT2D eigenvalue weighted by Crippen LogP contribution is 2.39. The summed E-state index contributed by atoms with van der Waals surface area (Å²) in [5.74, 6) is 0. The summed E-state index contributed by atoms with van der Waals surface area (Å²) in [4.78, 5) is 1.05. The Balaban J connectivity index is 2.36. The van der Waals surface area contributed by atoms with Crippen LogP contribution >= 0.6 is 0 Å². The van der Waals surface area contributed by atoms with E-state index in [1.807, 2.05) is 0 Å². The second-order valence-corrected chi connectivity index (χ2v) is 5.02. The van der Waals surface area contributed by atoms with Crippen molar-refractivity contribution in [3.8, 4) is 0 Å². The van der Waals surface area contributed by atoms with Gasteiger partial charge in [-0.25, -0.2) is 0 Å². The Morgan fingerprint density at radius 2 is 1.71 bits per heavy atom. The molecule has 0 aliphatic carbocycles. The first kappa shape index (κ1) is 15.8. The molecule has 1 unspecified atom stereocenters. The minimum absolute atomic E-state index is 0.00465. The third-order valence-corrected chi connectivity index (χ3v) is 3.54. The van der Waals surface area contributed by atoms with E-state index in [2.05, 4.69) is 0 Å². The van der Waals surface area contributed by atoms with Gasteiger partial charge in [-0.05, 0) is 37.5 Å². The van der Waals surface area contributed by atoms with Gasteiger partial charge in [-0.2, -0.15) is 26.3 Å². The van der Waals surface area contributed by atoms with Crippen LogP contribution in [0.4, 0.5) is 37.7 Å². The molecule has 1 aromatic rings. The minimum atomic E-state index is -4.57. The molecule has 1 aromatic carbocycles. The Morgan fingerprint density at radius 1 is 1.05 bits per heavy atom. The second-order valence-electron chi connectivity index (χ2n) is 5.02. The zero-order chi connectivity index (χ0) is 15.8. The molecule has 0 amide bonds. The van der Waals surface area contributed by atoms with Gasteiger partial charge in [0.05, 0.1) is 16.9 Å². The number of benzene rings is 1. The molecule has 21 heavy (non-hydrogen) atoms. The first-order chi connectivity index (χ1) is 9.60. The van der Waals surface area contributed by atoms with Crippen molar-refractivity contribution in [1.29, 1.82) is 0 Å². The maximum atomic E-state index is 13.0. The number of anilines is 2. The monoisotopic (exact) mass is 312 g/mol. The summed E-state index contributed by atoms with van der Waals surface area (Å²) in [7, 11) is 0. The number of nitrogens with zero attached hydrogens (tertiary/aromatic N) is 1. The summed E-state index contributed by atoms with van der Waals surface area (Å²) in [6, 6.07) is 0.748. The lowest BCUT2D eigenvalue weighted by Gasteiger charge is -2.39. The predicted molar refractivity (Wildman–Crippen MR) is 66.9 cm³/mol. The Kier molecular flexibility index (Phi) is 3.99. The normalized spacial score (nSPS) is 20.7. The average molecular weight is 312 g/mol. The standard InChI is InChI=1S/C13H14F6N2/c14-12(15,16)8-4-5-10(9(20)7-8)21-6-2-1-3-11(21)13(17,18)19/h4-5,7,11H,1-3,6,20H2. The van der Waals surface area contributed by atoms with E-state index < -0.39 is 24.0 Å². The third kappa shape index (κ3) is 3.36. The summed E-state index contributed by atoms with van der Waals surface area (Å²) in [5.41, 5.74) is 4.29. The average Bonchev–Trinajstić information content (AvgIpc) is 2.36. The third-order valence-electron chi connectivity index (χ3n) is 3.54. The molecule has 1 aliphatic rings. The van der Waals surface area contributed by atoms with Crippen LogP contribution in [0.1, 0.15) is 24.8 Å². The van der Waals surface area contributed by atoms with E-state index in [0.29, 0.717) is 18.9 Å². The van der Waals surface area contributed by atoms with E-state index in [1.165, 1.54) is 0 Å². The number of nitrogens with two attached hydrogens (primary N) is 1. The van der Waals surface area contributed by atoms with Gasteiger partial charge in [-0.15, -0.1) is 0 Å². The van der Waals surface area contributed by atoms with E-state index >= 15 is 0 Å². The van der Waals surface area contributed by atoms with Crippen LogP contribution in [0.5, 0.6) is 0 Å². The Labute approximate surface area is 117 Å². The van der Waals surface area contributed by atoms with Gasteiger partial charge in [0.2, 0.25) is 0 Å². The summed E-state index contributed by atoms with van der Waals surface area (Å²) < 4.78 is 76.7. The molecule has 2 nitrogen and oxygen atoms in total. The van der Waals surface area contributed by atoms with Crippen molar-refractivity contribution >= 4 is 11.4 Å². The second kappa shape index (κ2) is 5.31. The van der Waals surface area contributed by atoms with Crippen LogP contribution in [0.15, 0.2) is 18.2 Å². The van der Waals surface area contributed by atoms with Gasteiger partial charge in [0.25, 0.3) is 0 Å². The fourth-order valence-corrected chi connectivity index (χ4v) is 2.55. The van der Waals surface area contributed by atoms with Crippen molar-refractivity contribution in [1.82, 2.24) is 0 Å². The van der Waals surface area contributed by atoms with Crippen LogP contribution in [0, 0.1) is 0 Å². The van der Waals surface area contributed by atoms with Crippen molar-refractivity contribution in [2.75, 3.05) is 17.2 Å². The quantitative estimate of drug-likeness (QED) is 0.622. The van der Waals surface area contributed by atoms with E-state index in [4.69, 9.17) is 5.73 Å². The fraction of sp³-hybridized carbons (Fsp3) is 0.538. The van der Waals surface area contributed by atoms with E-state index in [9.17, 15) is 26.3 Å². The van der Waals surface area contributed by atoms with Crippen molar-refractivity contribution < 1.29 is 26.3 Å². The van der Waals surface area contributed by atoms with Crippen LogP contribution in [-0.4, -0.2) is 18.8 Å². The molecule has 0 aromatic heterocycles. The van der Waals surface area contributed by atoms with Crippen LogP contribution in [0.2, 0.25) is 0 Å². The number of hydrogen-bond donors (Lipinski definition) is 1. The first-order valence-electron chi connectivity index (χ1n) is 6.41. The molecule has 0 spiro atoms. The molecule has 1 saturated heterocycles. The molecule has 0 saturated carbocycles. The van der Waals surface area contributed by atoms with Gasteiger partial charge >= 0.3 is 12.4 Å². The van der Waals surface area contributed by atoms with Crippen molar-refractivity contribution in [2.24, 2.45) is 0 Å². The van der Waals surface area contributed by atoms with Crippen molar-refractivity contribution in [3.05, 3.63) is 23.8 Å². The van der Waals surface area contributed by atoms with Crippen LogP contribution in [-0.2, 0) is 6.18 Å². The molecule has 1 aliphatic heterocycles. The Bertz CT molecular complexity index is 508. The van der Waals surface area contributed by atoms with Gasteiger partial charge < -0.3 is 10.6 Å². The number of piperidine rings is 1. The molecule has 1 heterocycles. The van der Waals surface area contributed by atoms with Crippen molar-refractivity contribution in [3.63, 3.8) is 0 Å². The lowest BCUT2D eigenvalue weighted by atomic mass is 10.00. The molecular weight excluding hydrogens is 298 g/mol. The molecular formula is C13H14F6N2. The van der Waals surface area contributed by atoms with E-state index in [0.717, 1.165) is 17.0 Å². The number of nitrogen functional groups attached to an aromatic ring is 1. The van der Waals surface area contributed by atoms with Crippen LogP contribution in [0.3, 0.4) is 0 Å². The van der Waals surface area contributed by atoms with Crippen LogP contribution < -0.4 is 10.6 Å². The topological polar surface area (TPSA) is 29.3 Å². The molecule has 8 heteroatoms. The zero-order valence-corrected chi connectivity index (χ0v) is 10.9. The predicted octanol–water partition coefficient (Wildman–Crippen LogP) is 4.21. The maximum absolute atomic E-state index is 13.0. The molecule has 2 N–H and O–H groups in total. The summed E-state index contributed by atoms with van der Waals surface area (Å²) in [6.45, 7) is 0.125. The summed E-state index contributed by atoms with van der Waals surface area (Å²) in [5, 5.41) is 0. The minimum Gasteiger partial charge on any atom is -0.397 e. The lowest BCUT2D eigenvalue weighted by Crippen LogP contribution is -2.49. The smallest absolute Gasteiger partial charge is 0.397 e. The molecule has 1 atom stereocenters. The summed E-state index contributed by atoms with van der Waals surface area (Å²) >= 11 is 0. The van der Waals surface area contributed by atoms with Gasteiger partial charge in [0.15, 0.2) is 0 Å². The highest BCUT2D eigenvalue weighted by molar-refractivity contribution is 5.69. The number of rotatable bonds is 1. The number of alkyl halides is 6. The zero-order valence-electron chi connectivity index (χ0n) is 10.9. The van der Waals surface area contributed by atoms with Gasteiger partial charge in [0, 0.05) is 6.54 Å². The largest absolute Gasteiger partial charge is 0.416 e. The highest BCUT2D eigenvalue weighted by atomic mass is 19.4. The fourth-order valence-electron chi connectivity index (χ4n) is 2.55. The van der Waals surface area contributed by atoms with Gasteiger partial charge in [-0.1, -0.05) is 0 Å². The SMILES string of the molecule is Nc1cc(C(F)(F)F)ccc1N1CCCCC1C(F)(F)F. The first-order valence-corrected chi connectivity index (χ1v) is 6.41. The number of hydrogen-bond acceptors (Lipinski definition) is 2. The molecule has 2 rings (SSSR count). The summed E-state index contributed by atoms with van der Waals surface area (Å²) in [6.07, 6.45) is -8.11. The van der Waals surface area contributed by atoms with E-state index in [1.54, 1.807) is 0 Å². The maximum Gasteiger partial charge on any atom is 0.416 e. The molecule has 0 bridgehead atoms. The Hall–Kier alpha value is -1.60. The number of halogens is 6. The van der Waals surface area contributed by atoms with Gasteiger partial charge in [0.1, 0.15) is 6.04 Å². The van der Waals surface area contributed by atoms with E-state index in [-0.39, 0.29) is 24.3 Å². The highest BCUT2D eigenvalue weighted by Gasteiger charge is 2.45. The van der Waals surface area contributed by atoms with Gasteiger partial charge in [-0.3, -0.25) is 0 Å². The lowest BCUT2D eigenvalue weighted by molar-refractivity contribution is -0.152. The van der Waals surface area contributed by atoms with Crippen molar-refractivity contribution in [2.45, 2.75) is 37.7 Å². The Morgan fingerprint density at radius 3 is 2.24 bits per heavy atom. The molecule has 118 valence electrons. The molecule has 0 radical (unpaired) electrons. The molecule has 1 fully saturated rings.